The van der Waals surface area contributed by atoms with Crippen LogP contribution < -0.4 is 9.54 Å². The second-order valence-electron chi connectivity index (χ2n) is 6.21. The molecule has 1 heterocycles. The van der Waals surface area contributed by atoms with Gasteiger partial charge in [0.05, 0.1) is 16.4 Å². The van der Waals surface area contributed by atoms with Gasteiger partial charge >= 0.3 is 0 Å². The molecule has 0 saturated carbocycles. The highest BCUT2D eigenvalue weighted by atomic mass is 32.1. The normalized spacial score (nSPS) is 12.1. The fourth-order valence-electron chi connectivity index (χ4n) is 2.75. The minimum atomic E-state index is -0.262. The molecule has 0 spiro atoms. The Morgan fingerprint density at radius 2 is 1.75 bits per heavy atom. The lowest BCUT2D eigenvalue weighted by atomic mass is 10.2. The molecular weight excluding hydrogens is 373 g/mol. The van der Waals surface area contributed by atoms with E-state index in [4.69, 9.17) is 4.74 Å². The number of para-hydroxylation sites is 1. The number of hydrogen-bond acceptors (Lipinski definition) is 4. The quantitative estimate of drug-likeness (QED) is 0.353. The third kappa shape index (κ3) is 4.02. The van der Waals surface area contributed by atoms with Gasteiger partial charge in [-0.25, -0.2) is 4.39 Å². The largest absolute Gasteiger partial charge is 0.489 e. The lowest BCUT2D eigenvalue weighted by Crippen LogP contribution is -2.08. The lowest BCUT2D eigenvalue weighted by Gasteiger charge is -2.07. The summed E-state index contributed by atoms with van der Waals surface area (Å²) in [6, 6.07) is 22.2. The molecule has 28 heavy (non-hydrogen) atoms. The molecule has 6 heteroatoms. The summed E-state index contributed by atoms with van der Waals surface area (Å²) in [7, 11) is 1.98. The monoisotopic (exact) mass is 391 g/mol. The van der Waals surface area contributed by atoms with Crippen LogP contribution in [0.4, 0.5) is 4.39 Å². The number of aryl methyl sites for hydroxylation is 1. The first-order chi connectivity index (χ1) is 13.7. The van der Waals surface area contributed by atoms with E-state index in [-0.39, 0.29) is 12.4 Å². The molecule has 0 saturated heterocycles. The number of rotatable bonds is 5. The molecule has 0 radical (unpaired) electrons. The van der Waals surface area contributed by atoms with E-state index >= 15 is 0 Å². The van der Waals surface area contributed by atoms with Gasteiger partial charge in [-0.3, -0.25) is 0 Å². The minimum absolute atomic E-state index is 0.192. The number of ether oxygens (including phenoxy) is 1. The van der Waals surface area contributed by atoms with E-state index in [2.05, 4.69) is 22.3 Å². The number of benzene rings is 3. The molecular formula is C22H18FN3OS. The van der Waals surface area contributed by atoms with Crippen molar-refractivity contribution in [2.45, 2.75) is 6.61 Å². The van der Waals surface area contributed by atoms with E-state index < -0.39 is 0 Å². The molecule has 4 aromatic rings. The van der Waals surface area contributed by atoms with Crippen molar-refractivity contribution < 1.29 is 9.13 Å². The molecule has 140 valence electrons. The van der Waals surface area contributed by atoms with Crippen LogP contribution in [0.2, 0.25) is 0 Å². The first kappa shape index (κ1) is 18.1. The molecule has 0 fully saturated rings. The van der Waals surface area contributed by atoms with Crippen molar-refractivity contribution in [1.82, 2.24) is 4.57 Å². The molecule has 3 aromatic carbocycles. The molecule has 0 aliphatic heterocycles. The number of fused-ring (bicyclic) bond motifs is 1. The Kier molecular flexibility index (Phi) is 5.30. The molecule has 0 N–H and O–H groups in total. The maximum Gasteiger partial charge on any atom is 0.211 e. The zero-order valence-electron chi connectivity index (χ0n) is 15.2. The van der Waals surface area contributed by atoms with Gasteiger partial charge in [0.25, 0.3) is 0 Å². The Morgan fingerprint density at radius 3 is 2.54 bits per heavy atom. The summed E-state index contributed by atoms with van der Waals surface area (Å²) in [6.07, 6.45) is 1.70. The highest BCUT2D eigenvalue weighted by Crippen LogP contribution is 2.16. The Hall–Kier alpha value is -3.25. The molecule has 4 rings (SSSR count). The summed E-state index contributed by atoms with van der Waals surface area (Å²) in [6.45, 7) is 0.192. The van der Waals surface area contributed by atoms with Gasteiger partial charge < -0.3 is 9.30 Å². The fraction of sp³-hybridized carbons (Fsp3) is 0.0909. The van der Waals surface area contributed by atoms with Gasteiger partial charge in [-0.15, -0.1) is 5.10 Å². The highest BCUT2D eigenvalue weighted by molar-refractivity contribution is 7.16. The van der Waals surface area contributed by atoms with Crippen LogP contribution in [0.5, 0.6) is 5.75 Å². The maximum absolute atomic E-state index is 13.6. The third-order valence-electron chi connectivity index (χ3n) is 4.30. The number of hydrogen-bond donors (Lipinski definition) is 0. The fourth-order valence-corrected chi connectivity index (χ4v) is 3.73. The van der Waals surface area contributed by atoms with Gasteiger partial charge in [0, 0.05) is 12.6 Å². The van der Waals surface area contributed by atoms with Crippen molar-refractivity contribution >= 4 is 27.8 Å². The van der Waals surface area contributed by atoms with Crippen LogP contribution >= 0.6 is 11.3 Å². The predicted octanol–water partition coefficient (Wildman–Crippen LogP) is 4.89. The van der Waals surface area contributed by atoms with E-state index in [1.54, 1.807) is 35.8 Å². The van der Waals surface area contributed by atoms with E-state index in [1.165, 1.54) is 10.8 Å². The van der Waals surface area contributed by atoms with Crippen LogP contribution in [0, 0.1) is 5.82 Å². The maximum atomic E-state index is 13.6. The summed E-state index contributed by atoms with van der Waals surface area (Å²) < 4.78 is 22.5. The molecule has 0 aliphatic carbocycles. The summed E-state index contributed by atoms with van der Waals surface area (Å²) >= 11 is 1.60. The van der Waals surface area contributed by atoms with Crippen molar-refractivity contribution in [2.24, 2.45) is 17.3 Å². The molecule has 0 aliphatic rings. The third-order valence-corrected chi connectivity index (χ3v) is 5.40. The number of thiazole rings is 1. The van der Waals surface area contributed by atoms with Gasteiger partial charge in [0.2, 0.25) is 4.80 Å². The van der Waals surface area contributed by atoms with Crippen molar-refractivity contribution in [3.05, 3.63) is 94.5 Å². The molecule has 0 bridgehead atoms. The average molecular weight is 391 g/mol. The van der Waals surface area contributed by atoms with Gasteiger partial charge in [0.1, 0.15) is 18.2 Å². The lowest BCUT2D eigenvalue weighted by molar-refractivity contribution is 0.300. The Labute approximate surface area is 165 Å². The number of halogens is 1. The summed E-state index contributed by atoms with van der Waals surface area (Å²) in [5.74, 6) is 0.413. The van der Waals surface area contributed by atoms with Crippen molar-refractivity contribution in [3.63, 3.8) is 0 Å². The van der Waals surface area contributed by atoms with Crippen LogP contribution in [-0.2, 0) is 13.7 Å². The van der Waals surface area contributed by atoms with Crippen LogP contribution in [-0.4, -0.2) is 10.8 Å². The first-order valence-corrected chi connectivity index (χ1v) is 9.60. The van der Waals surface area contributed by atoms with Gasteiger partial charge in [0.15, 0.2) is 0 Å². The summed E-state index contributed by atoms with van der Waals surface area (Å²) in [4.78, 5) is 0.835. The van der Waals surface area contributed by atoms with E-state index in [0.29, 0.717) is 11.3 Å². The summed E-state index contributed by atoms with van der Waals surface area (Å²) in [5, 5.41) is 8.53. The smallest absolute Gasteiger partial charge is 0.211 e. The molecule has 4 nitrogen and oxygen atoms in total. The Balaban J connectivity index is 1.44. The van der Waals surface area contributed by atoms with E-state index in [0.717, 1.165) is 15.9 Å². The molecule has 0 atom stereocenters. The first-order valence-electron chi connectivity index (χ1n) is 8.78. The van der Waals surface area contributed by atoms with Crippen LogP contribution in [0.15, 0.2) is 83.0 Å². The van der Waals surface area contributed by atoms with E-state index in [1.807, 2.05) is 48.0 Å². The zero-order valence-corrected chi connectivity index (χ0v) is 16.1. The topological polar surface area (TPSA) is 38.9 Å². The average Bonchev–Trinajstić information content (AvgIpc) is 3.04. The highest BCUT2D eigenvalue weighted by Gasteiger charge is 2.02. The minimum Gasteiger partial charge on any atom is -0.489 e. The number of nitrogens with zero attached hydrogens (tertiary/aromatic N) is 3. The van der Waals surface area contributed by atoms with Crippen molar-refractivity contribution in [1.29, 1.82) is 0 Å². The van der Waals surface area contributed by atoms with Crippen LogP contribution in [0.25, 0.3) is 10.2 Å². The predicted molar refractivity (Wildman–Crippen MR) is 111 cm³/mol. The van der Waals surface area contributed by atoms with Crippen molar-refractivity contribution in [3.8, 4) is 5.75 Å². The zero-order chi connectivity index (χ0) is 19.3. The van der Waals surface area contributed by atoms with Gasteiger partial charge in [-0.05, 0) is 48.0 Å². The second kappa shape index (κ2) is 8.19. The summed E-state index contributed by atoms with van der Waals surface area (Å²) in [5.41, 5.74) is 2.58. The Morgan fingerprint density at radius 1 is 1.00 bits per heavy atom. The standard InChI is InChI=1S/C22H18FN3OS/c1-26-20-8-4-5-9-21(20)28-22(26)25-24-14-16-10-12-18(13-11-16)27-15-17-6-2-3-7-19(17)23/h2-14H,15H2,1H3/b24-14+,25-22+. The van der Waals surface area contributed by atoms with Gasteiger partial charge in [-0.2, -0.15) is 5.10 Å². The second-order valence-corrected chi connectivity index (χ2v) is 7.21. The SMILES string of the molecule is Cn1/c(=N\N=C\c2ccc(OCc3ccccc3F)cc2)sc2ccccc21. The molecule has 0 unspecified atom stereocenters. The van der Waals surface area contributed by atoms with Crippen LogP contribution in [0.3, 0.4) is 0 Å². The number of aromatic nitrogens is 1. The van der Waals surface area contributed by atoms with Crippen LogP contribution in [0.1, 0.15) is 11.1 Å². The van der Waals surface area contributed by atoms with E-state index in [9.17, 15) is 4.39 Å². The Bertz CT molecular complexity index is 1190. The van der Waals surface area contributed by atoms with Crippen molar-refractivity contribution in [2.75, 3.05) is 0 Å². The van der Waals surface area contributed by atoms with Gasteiger partial charge in [-0.1, -0.05) is 41.7 Å². The molecule has 0 amide bonds. The molecule has 1 aromatic heterocycles.